The summed E-state index contributed by atoms with van der Waals surface area (Å²) in [6.45, 7) is 13.2. The number of rotatable bonds is 6. The van der Waals surface area contributed by atoms with Crippen molar-refractivity contribution in [2.45, 2.75) is 85.2 Å². The average Bonchev–Trinajstić information content (AvgIpc) is 3.20. The summed E-state index contributed by atoms with van der Waals surface area (Å²) < 4.78 is 6.85. The quantitative estimate of drug-likeness (QED) is 0.612. The van der Waals surface area contributed by atoms with E-state index in [4.69, 9.17) is 4.74 Å². The molecule has 11 heteroatoms. The third kappa shape index (κ3) is 6.13. The lowest BCUT2D eigenvalue weighted by molar-refractivity contribution is -0.117. The third-order valence-electron chi connectivity index (χ3n) is 5.95. The van der Waals surface area contributed by atoms with Crippen LogP contribution in [-0.4, -0.2) is 67.3 Å². The van der Waals surface area contributed by atoms with Gasteiger partial charge in [-0.05, 0) is 65.7 Å². The molecule has 0 saturated heterocycles. The molecule has 1 aliphatic heterocycles. The minimum absolute atomic E-state index is 0.0928. The number of hydrogen-bond donors (Lipinski definition) is 2. The molecule has 0 unspecified atom stereocenters. The van der Waals surface area contributed by atoms with Crippen LogP contribution in [0.2, 0.25) is 0 Å². The molecule has 2 heterocycles. The van der Waals surface area contributed by atoms with Crippen LogP contribution in [-0.2, 0) is 16.1 Å². The Bertz CT molecular complexity index is 1120. The van der Waals surface area contributed by atoms with E-state index in [-0.39, 0.29) is 18.0 Å². The lowest BCUT2D eigenvalue weighted by Crippen LogP contribution is -2.48. The van der Waals surface area contributed by atoms with E-state index < -0.39 is 23.8 Å². The summed E-state index contributed by atoms with van der Waals surface area (Å²) in [4.78, 5) is 39.6. The summed E-state index contributed by atoms with van der Waals surface area (Å²) in [5.74, 6) is -0.0928. The number of ether oxygens (including phenoxy) is 1. The Balaban J connectivity index is 1.86. The molecule has 0 spiro atoms. The zero-order valence-electron chi connectivity index (χ0n) is 22.0. The van der Waals surface area contributed by atoms with Crippen LogP contribution in [0, 0.1) is 0 Å². The minimum atomic E-state index is -1.00. The first-order valence-corrected chi connectivity index (χ1v) is 12.1. The lowest BCUT2D eigenvalue weighted by atomic mass is 9.88. The maximum absolute atomic E-state index is 12.4. The first-order valence-electron chi connectivity index (χ1n) is 12.1. The van der Waals surface area contributed by atoms with E-state index in [1.807, 2.05) is 39.0 Å². The highest BCUT2D eigenvalue weighted by atomic mass is 16.6. The summed E-state index contributed by atoms with van der Waals surface area (Å²) in [5, 5.41) is 21.0. The van der Waals surface area contributed by atoms with Gasteiger partial charge in [-0.15, -0.1) is 5.10 Å². The molecule has 3 amide bonds. The Morgan fingerprint density at radius 2 is 1.97 bits per heavy atom. The Hall–Kier alpha value is -3.63. The second kappa shape index (κ2) is 10.5. The fourth-order valence-corrected chi connectivity index (χ4v) is 4.58. The molecule has 2 atom stereocenters. The van der Waals surface area contributed by atoms with Gasteiger partial charge in [0.2, 0.25) is 5.91 Å². The first-order chi connectivity index (χ1) is 16.8. The first kappa shape index (κ1) is 27.0. The lowest BCUT2D eigenvalue weighted by Gasteiger charge is -2.43. The number of aromatic nitrogens is 3. The van der Waals surface area contributed by atoms with Crippen molar-refractivity contribution in [1.82, 2.24) is 25.2 Å². The molecule has 1 aromatic carbocycles. The van der Waals surface area contributed by atoms with E-state index in [0.29, 0.717) is 30.9 Å². The molecule has 0 fully saturated rings. The van der Waals surface area contributed by atoms with Gasteiger partial charge in [0.25, 0.3) is 0 Å². The summed E-state index contributed by atoms with van der Waals surface area (Å²) >= 11 is 0. The summed E-state index contributed by atoms with van der Waals surface area (Å²) in [7, 11) is 0. The van der Waals surface area contributed by atoms with E-state index in [0.717, 1.165) is 11.1 Å². The van der Waals surface area contributed by atoms with Crippen LogP contribution in [0.4, 0.5) is 15.3 Å². The molecule has 0 radical (unpaired) electrons. The Labute approximate surface area is 211 Å². The molecule has 36 heavy (non-hydrogen) atoms. The van der Waals surface area contributed by atoms with Gasteiger partial charge in [0.1, 0.15) is 11.3 Å². The number of amides is 3. The van der Waals surface area contributed by atoms with Crippen LogP contribution in [0.25, 0.3) is 11.3 Å². The number of anilines is 1. The van der Waals surface area contributed by atoms with Gasteiger partial charge < -0.3 is 20.1 Å². The van der Waals surface area contributed by atoms with Crippen molar-refractivity contribution in [3.8, 4) is 11.3 Å². The van der Waals surface area contributed by atoms with Gasteiger partial charge in [-0.2, -0.15) is 0 Å². The van der Waals surface area contributed by atoms with E-state index in [1.54, 1.807) is 36.5 Å². The number of carbonyl (C=O) groups excluding carboxylic acids is 2. The number of carbonyl (C=O) groups is 3. The van der Waals surface area contributed by atoms with Gasteiger partial charge in [0.15, 0.2) is 0 Å². The van der Waals surface area contributed by atoms with E-state index >= 15 is 0 Å². The van der Waals surface area contributed by atoms with E-state index in [2.05, 4.69) is 15.6 Å². The van der Waals surface area contributed by atoms with Crippen molar-refractivity contribution in [3.05, 3.63) is 30.0 Å². The second-order valence-electron chi connectivity index (χ2n) is 10.3. The zero-order valence-corrected chi connectivity index (χ0v) is 22.0. The van der Waals surface area contributed by atoms with Crippen LogP contribution in [0.1, 0.15) is 66.5 Å². The van der Waals surface area contributed by atoms with Crippen LogP contribution in [0.3, 0.4) is 0 Å². The van der Waals surface area contributed by atoms with Crippen LogP contribution in [0.5, 0.6) is 0 Å². The van der Waals surface area contributed by atoms with Crippen LogP contribution < -0.4 is 10.2 Å². The molecule has 1 aliphatic rings. The maximum Gasteiger partial charge on any atom is 0.408 e. The number of nitrogens with zero attached hydrogens (tertiary/aromatic N) is 5. The maximum atomic E-state index is 12.4. The van der Waals surface area contributed by atoms with Gasteiger partial charge in [-0.25, -0.2) is 9.59 Å². The van der Waals surface area contributed by atoms with Crippen molar-refractivity contribution < 1.29 is 24.2 Å². The number of carboxylic acid groups (broad SMARTS) is 1. The van der Waals surface area contributed by atoms with Crippen LogP contribution >= 0.6 is 0 Å². The van der Waals surface area contributed by atoms with Gasteiger partial charge in [0.05, 0.1) is 18.8 Å². The fraction of sp³-hybridized carbons (Fsp3) is 0.560. The van der Waals surface area contributed by atoms with E-state index in [9.17, 15) is 19.5 Å². The monoisotopic (exact) mass is 500 g/mol. The van der Waals surface area contributed by atoms with Crippen molar-refractivity contribution in [2.24, 2.45) is 0 Å². The minimum Gasteiger partial charge on any atom is -0.465 e. The Kier molecular flexibility index (Phi) is 7.90. The molecule has 11 nitrogen and oxygen atoms in total. The molecule has 1 aromatic heterocycles. The van der Waals surface area contributed by atoms with Gasteiger partial charge in [-0.1, -0.05) is 11.3 Å². The normalized spacial score (nSPS) is 17.5. The molecule has 196 valence electrons. The topological polar surface area (TPSA) is 130 Å². The predicted octanol–water partition coefficient (Wildman–Crippen LogP) is 4.04. The number of fused-ring (bicyclic) bond motifs is 1. The highest BCUT2D eigenvalue weighted by Crippen LogP contribution is 2.42. The summed E-state index contributed by atoms with van der Waals surface area (Å²) in [6.07, 6.45) is 0.752. The molecule has 2 aromatic rings. The highest BCUT2D eigenvalue weighted by molar-refractivity contribution is 5.94. The van der Waals surface area contributed by atoms with Crippen LogP contribution in [0.15, 0.2) is 24.4 Å². The molecular weight excluding hydrogens is 464 g/mol. The third-order valence-corrected chi connectivity index (χ3v) is 5.95. The summed E-state index contributed by atoms with van der Waals surface area (Å²) in [6, 6.07) is 4.81. The van der Waals surface area contributed by atoms with Crippen molar-refractivity contribution in [3.63, 3.8) is 0 Å². The molecule has 0 bridgehead atoms. The molecule has 2 N–H and O–H groups in total. The molecular formula is C25H36N6O5. The molecule has 0 saturated carbocycles. The largest absolute Gasteiger partial charge is 0.465 e. The Morgan fingerprint density at radius 1 is 1.28 bits per heavy atom. The molecule has 0 aliphatic carbocycles. The number of benzene rings is 1. The fourth-order valence-electron chi connectivity index (χ4n) is 4.58. The Morgan fingerprint density at radius 3 is 2.56 bits per heavy atom. The standard InChI is InChI=1S/C25H36N6O5/c1-15(2)30(24(34)35)22-12-16(3)31(17(4)32)21-9-8-18(13-19(21)22)20-14-29(28-27-20)11-10-26-23(33)36-25(5,6)7/h8-9,13-16,22H,10-12H2,1-7H3,(H,26,33)(H,34,35)/t16-,22+/m0/s1. The van der Waals surface area contributed by atoms with Gasteiger partial charge in [-0.3, -0.25) is 14.4 Å². The van der Waals surface area contributed by atoms with Gasteiger partial charge >= 0.3 is 12.2 Å². The zero-order chi connectivity index (χ0) is 26.8. The second-order valence-corrected chi connectivity index (χ2v) is 10.3. The van der Waals surface area contributed by atoms with Crippen molar-refractivity contribution in [1.29, 1.82) is 0 Å². The van der Waals surface area contributed by atoms with E-state index in [1.165, 1.54) is 11.8 Å². The number of alkyl carbamates (subject to hydrolysis) is 1. The SMILES string of the molecule is CC(=O)N1c2ccc(-c3cn(CCNC(=O)OC(C)(C)C)nn3)cc2[C@H](N(C(=O)O)C(C)C)C[C@@H]1C. The van der Waals surface area contributed by atoms with Gasteiger partial charge in [0, 0.05) is 36.8 Å². The molecule has 3 rings (SSSR count). The summed E-state index contributed by atoms with van der Waals surface area (Å²) in [5.41, 5.74) is 2.26. The average molecular weight is 501 g/mol. The highest BCUT2D eigenvalue weighted by Gasteiger charge is 2.38. The van der Waals surface area contributed by atoms with Crippen molar-refractivity contribution >= 4 is 23.8 Å². The number of nitrogens with one attached hydrogen (secondary N) is 1. The van der Waals surface area contributed by atoms with Crippen molar-refractivity contribution in [2.75, 3.05) is 11.4 Å². The predicted molar refractivity (Wildman–Crippen MR) is 135 cm³/mol. The number of hydrogen-bond acceptors (Lipinski definition) is 6. The smallest absolute Gasteiger partial charge is 0.408 e.